The molecule has 0 radical (unpaired) electrons. The third kappa shape index (κ3) is 9.82. The normalized spacial score (nSPS) is 12.5. The lowest BCUT2D eigenvalue weighted by Crippen LogP contribution is -2.49. The van der Waals surface area contributed by atoms with E-state index in [1.807, 2.05) is 60.0 Å². The van der Waals surface area contributed by atoms with Gasteiger partial charge in [0, 0.05) is 25.5 Å². The van der Waals surface area contributed by atoms with E-state index in [0.29, 0.717) is 6.54 Å². The maximum Gasteiger partial charge on any atom is 0.408 e. The largest absolute Gasteiger partial charge is 0.444 e. The number of rotatable bonds is 7. The number of guanidine groups is 1. The number of carbonyl (C=O) groups excluding carboxylic acids is 1. The molecule has 7 heteroatoms. The summed E-state index contributed by atoms with van der Waals surface area (Å²) in [6, 6.07) is 2.04. The van der Waals surface area contributed by atoms with Gasteiger partial charge in [0.2, 0.25) is 0 Å². The van der Waals surface area contributed by atoms with Crippen molar-refractivity contribution >= 4 is 12.1 Å². The zero-order valence-electron chi connectivity index (χ0n) is 17.8. The van der Waals surface area contributed by atoms with Crippen molar-refractivity contribution in [3.05, 3.63) is 29.6 Å². The van der Waals surface area contributed by atoms with Crippen molar-refractivity contribution in [3.8, 4) is 0 Å². The molecule has 0 unspecified atom stereocenters. The fraction of sp³-hybridized carbons (Fsp3) is 0.650. The Morgan fingerprint density at radius 1 is 1.22 bits per heavy atom. The Morgan fingerprint density at radius 2 is 1.93 bits per heavy atom. The third-order valence-corrected chi connectivity index (χ3v) is 3.64. The molecule has 1 aromatic rings. The van der Waals surface area contributed by atoms with Crippen LogP contribution in [0.15, 0.2) is 23.5 Å². The van der Waals surface area contributed by atoms with Crippen LogP contribution in [0.4, 0.5) is 4.79 Å². The van der Waals surface area contributed by atoms with Gasteiger partial charge in [-0.05, 0) is 72.1 Å². The molecule has 0 aliphatic carbocycles. The molecular weight excluding hydrogens is 342 g/mol. The van der Waals surface area contributed by atoms with Gasteiger partial charge >= 0.3 is 6.09 Å². The highest BCUT2D eigenvalue weighted by Gasteiger charge is 2.24. The summed E-state index contributed by atoms with van der Waals surface area (Å²) in [5.41, 5.74) is 1.40. The predicted molar refractivity (Wildman–Crippen MR) is 110 cm³/mol. The van der Waals surface area contributed by atoms with Gasteiger partial charge in [-0.2, -0.15) is 0 Å². The number of alkyl carbamates (subject to hydrolysis) is 1. The number of aliphatic imine (C=N–C) groups is 1. The number of nitrogens with zero attached hydrogens (tertiary/aromatic N) is 2. The van der Waals surface area contributed by atoms with Gasteiger partial charge < -0.3 is 20.7 Å². The molecule has 1 heterocycles. The first-order chi connectivity index (χ1) is 12.5. The number of hydrogen-bond acceptors (Lipinski definition) is 4. The minimum atomic E-state index is -0.523. The second kappa shape index (κ2) is 10.1. The first-order valence-electron chi connectivity index (χ1n) is 9.45. The average molecular weight is 378 g/mol. The number of hydrogen-bond donors (Lipinski definition) is 3. The lowest BCUT2D eigenvalue weighted by atomic mass is 10.1. The number of aryl methyl sites for hydroxylation is 1. The fourth-order valence-corrected chi connectivity index (χ4v) is 2.34. The summed E-state index contributed by atoms with van der Waals surface area (Å²) in [4.78, 5) is 20.7. The second-order valence-electron chi connectivity index (χ2n) is 8.18. The third-order valence-electron chi connectivity index (χ3n) is 3.64. The summed E-state index contributed by atoms with van der Waals surface area (Å²) in [5, 5.41) is 9.43. The van der Waals surface area contributed by atoms with Crippen molar-refractivity contribution in [2.45, 2.75) is 66.0 Å². The lowest BCUT2D eigenvalue weighted by Gasteiger charge is -2.27. The highest BCUT2D eigenvalue weighted by atomic mass is 16.6. The Kier molecular flexibility index (Phi) is 8.53. The Morgan fingerprint density at radius 3 is 2.52 bits per heavy atom. The highest BCUT2D eigenvalue weighted by Crippen LogP contribution is 2.10. The van der Waals surface area contributed by atoms with E-state index in [4.69, 9.17) is 4.74 Å². The van der Waals surface area contributed by atoms with E-state index in [1.165, 1.54) is 11.1 Å². The van der Waals surface area contributed by atoms with Crippen LogP contribution in [0.2, 0.25) is 0 Å². The molecule has 0 spiro atoms. The van der Waals surface area contributed by atoms with Gasteiger partial charge in [-0.1, -0.05) is 0 Å². The van der Waals surface area contributed by atoms with Crippen molar-refractivity contribution in [1.82, 2.24) is 20.9 Å². The minimum absolute atomic E-state index is 0.426. The van der Waals surface area contributed by atoms with E-state index >= 15 is 0 Å². The predicted octanol–water partition coefficient (Wildman–Crippen LogP) is 2.79. The van der Waals surface area contributed by atoms with Crippen LogP contribution in [0.1, 0.15) is 52.7 Å². The van der Waals surface area contributed by atoms with Crippen LogP contribution in [0.3, 0.4) is 0 Å². The molecule has 0 aromatic carbocycles. The van der Waals surface area contributed by atoms with Gasteiger partial charge in [0.15, 0.2) is 5.96 Å². The average Bonchev–Trinajstić information content (AvgIpc) is 2.52. The maximum atomic E-state index is 12.0. The van der Waals surface area contributed by atoms with E-state index in [9.17, 15) is 4.79 Å². The molecule has 152 valence electrons. The van der Waals surface area contributed by atoms with Crippen molar-refractivity contribution in [2.75, 3.05) is 19.6 Å². The van der Waals surface area contributed by atoms with E-state index < -0.39 is 17.2 Å². The van der Waals surface area contributed by atoms with Gasteiger partial charge in [0.1, 0.15) is 5.60 Å². The molecule has 1 rings (SSSR count). The molecular formula is C20H35N5O2. The number of amides is 1. The number of aromatic nitrogens is 1. The van der Waals surface area contributed by atoms with E-state index in [-0.39, 0.29) is 0 Å². The van der Waals surface area contributed by atoms with Crippen LogP contribution in [-0.4, -0.2) is 47.8 Å². The van der Waals surface area contributed by atoms with Crippen LogP contribution in [-0.2, 0) is 11.2 Å². The van der Waals surface area contributed by atoms with Crippen LogP contribution < -0.4 is 16.0 Å². The van der Waals surface area contributed by atoms with Gasteiger partial charge in [-0.15, -0.1) is 0 Å². The van der Waals surface area contributed by atoms with Crippen molar-refractivity contribution < 1.29 is 9.53 Å². The van der Waals surface area contributed by atoms with Crippen molar-refractivity contribution in [1.29, 1.82) is 0 Å². The Hall–Kier alpha value is -2.31. The summed E-state index contributed by atoms with van der Waals surface area (Å²) in [6.45, 7) is 15.4. The molecule has 0 saturated carbocycles. The molecule has 0 saturated heterocycles. The van der Waals surface area contributed by atoms with Crippen LogP contribution in [0.25, 0.3) is 0 Å². The first-order valence-corrected chi connectivity index (χ1v) is 9.45. The molecule has 0 atom stereocenters. The molecule has 1 aromatic heterocycles. The zero-order valence-corrected chi connectivity index (χ0v) is 17.8. The number of ether oxygens (including phenoxy) is 1. The maximum absolute atomic E-state index is 12.0. The number of carbonyl (C=O) groups is 1. The zero-order chi connectivity index (χ0) is 20.5. The molecule has 0 bridgehead atoms. The fourth-order valence-electron chi connectivity index (χ4n) is 2.34. The van der Waals surface area contributed by atoms with Crippen LogP contribution in [0, 0.1) is 6.92 Å². The van der Waals surface area contributed by atoms with Gasteiger partial charge in [-0.25, -0.2) is 4.79 Å². The van der Waals surface area contributed by atoms with Crippen molar-refractivity contribution in [2.24, 2.45) is 4.99 Å². The van der Waals surface area contributed by atoms with Gasteiger partial charge in [-0.3, -0.25) is 9.98 Å². The first kappa shape index (κ1) is 22.7. The minimum Gasteiger partial charge on any atom is -0.444 e. The molecule has 7 nitrogen and oxygen atoms in total. The number of nitrogens with one attached hydrogen (secondary N) is 3. The lowest BCUT2D eigenvalue weighted by molar-refractivity contribution is 0.0476. The summed E-state index contributed by atoms with van der Waals surface area (Å²) < 4.78 is 5.32. The standard InChI is InChI=1S/C20H35N5O2/c1-8-22-17(23-12-10-16-9-11-21-13-15(16)2)24-14-20(6,7)25-18(26)27-19(3,4)5/h9,11,13H,8,10,12,14H2,1-7H3,(H,25,26)(H2,22,23,24). The van der Waals surface area contributed by atoms with Gasteiger partial charge in [0.25, 0.3) is 0 Å². The number of pyridine rings is 1. The van der Waals surface area contributed by atoms with Gasteiger partial charge in [0.05, 0.1) is 12.1 Å². The Balaban J connectivity index is 2.58. The summed E-state index contributed by atoms with van der Waals surface area (Å²) in [7, 11) is 0. The van der Waals surface area contributed by atoms with E-state index in [2.05, 4.69) is 32.9 Å². The van der Waals surface area contributed by atoms with Crippen LogP contribution >= 0.6 is 0 Å². The summed E-state index contributed by atoms with van der Waals surface area (Å²) >= 11 is 0. The monoisotopic (exact) mass is 377 g/mol. The highest BCUT2D eigenvalue weighted by molar-refractivity contribution is 5.79. The molecule has 3 N–H and O–H groups in total. The smallest absolute Gasteiger partial charge is 0.408 e. The molecule has 0 aliphatic heterocycles. The van der Waals surface area contributed by atoms with E-state index in [1.54, 1.807) is 0 Å². The van der Waals surface area contributed by atoms with Crippen LogP contribution in [0.5, 0.6) is 0 Å². The molecule has 0 aliphatic rings. The SMILES string of the molecule is CCNC(=NCC(C)(C)NC(=O)OC(C)(C)C)NCCc1ccncc1C. The quantitative estimate of drug-likeness (QED) is 0.502. The topological polar surface area (TPSA) is 87.6 Å². The summed E-state index contributed by atoms with van der Waals surface area (Å²) in [5.74, 6) is 0.725. The van der Waals surface area contributed by atoms with E-state index in [0.717, 1.165) is 25.5 Å². The Labute approximate surface area is 163 Å². The Bertz CT molecular complexity index is 636. The molecule has 0 fully saturated rings. The molecule has 1 amide bonds. The second-order valence-corrected chi connectivity index (χ2v) is 8.18. The molecule has 27 heavy (non-hydrogen) atoms. The summed E-state index contributed by atoms with van der Waals surface area (Å²) in [6.07, 6.45) is 4.14. The van der Waals surface area contributed by atoms with Crippen molar-refractivity contribution in [3.63, 3.8) is 0 Å².